The molecule has 0 aliphatic carbocycles. The standard InChI is InChI=1S/C32H37FN2O5/c1-7-8-26-29(40-26)18-38-21-11-12-23(28(16-21)37-6)22-13-14-25-30(35(5)31(36)32(3,4)34-25)24(22)17-39-27-15-20(33)10-9-19(27)2/h9-16,26,29,34H,7-8,17-18H2,1-6H3. The van der Waals surface area contributed by atoms with Crippen molar-refractivity contribution in [2.75, 3.05) is 31.0 Å². The summed E-state index contributed by atoms with van der Waals surface area (Å²) in [6, 6.07) is 14.2. The van der Waals surface area contributed by atoms with Gasteiger partial charge < -0.3 is 29.2 Å². The number of rotatable bonds is 10. The molecule has 2 heterocycles. The first-order valence-corrected chi connectivity index (χ1v) is 13.7. The quantitative estimate of drug-likeness (QED) is 0.292. The lowest BCUT2D eigenvalue weighted by atomic mass is 9.91. The van der Waals surface area contributed by atoms with E-state index in [4.69, 9.17) is 18.9 Å². The summed E-state index contributed by atoms with van der Waals surface area (Å²) in [6.45, 7) is 8.33. The molecule has 1 saturated heterocycles. The highest BCUT2D eigenvalue weighted by Crippen LogP contribution is 2.45. The van der Waals surface area contributed by atoms with Crippen LogP contribution < -0.4 is 24.4 Å². The zero-order valence-electron chi connectivity index (χ0n) is 24.0. The average Bonchev–Trinajstić information content (AvgIpc) is 3.68. The minimum atomic E-state index is -0.765. The fraction of sp³-hybridized carbons (Fsp3) is 0.406. The summed E-state index contributed by atoms with van der Waals surface area (Å²) in [5, 5.41) is 3.37. The van der Waals surface area contributed by atoms with Crippen LogP contribution in [0.5, 0.6) is 17.2 Å². The van der Waals surface area contributed by atoms with Crippen molar-refractivity contribution in [1.29, 1.82) is 0 Å². The Morgan fingerprint density at radius 2 is 1.80 bits per heavy atom. The topological polar surface area (TPSA) is 72.6 Å². The molecule has 5 rings (SSSR count). The molecule has 0 bridgehead atoms. The number of likely N-dealkylation sites (N-methyl/N-ethyl adjacent to an activating group) is 1. The van der Waals surface area contributed by atoms with Crippen LogP contribution in [0.3, 0.4) is 0 Å². The van der Waals surface area contributed by atoms with Crippen molar-refractivity contribution in [3.8, 4) is 28.4 Å². The summed E-state index contributed by atoms with van der Waals surface area (Å²) in [6.07, 6.45) is 2.54. The van der Waals surface area contributed by atoms with Crippen LogP contribution in [0.2, 0.25) is 0 Å². The molecule has 212 valence electrons. The fourth-order valence-corrected chi connectivity index (χ4v) is 5.34. The smallest absolute Gasteiger partial charge is 0.251 e. The van der Waals surface area contributed by atoms with Crippen LogP contribution in [0.4, 0.5) is 15.8 Å². The van der Waals surface area contributed by atoms with Gasteiger partial charge in [-0.15, -0.1) is 0 Å². The predicted molar refractivity (Wildman–Crippen MR) is 154 cm³/mol. The maximum absolute atomic E-state index is 14.0. The normalized spacial score (nSPS) is 19.1. The van der Waals surface area contributed by atoms with Crippen LogP contribution in [0.25, 0.3) is 11.1 Å². The Bertz CT molecular complexity index is 1420. The molecule has 7 nitrogen and oxygen atoms in total. The monoisotopic (exact) mass is 548 g/mol. The van der Waals surface area contributed by atoms with Gasteiger partial charge in [0, 0.05) is 30.3 Å². The summed E-state index contributed by atoms with van der Waals surface area (Å²) in [5.41, 5.74) is 4.02. The number of benzene rings is 3. The van der Waals surface area contributed by atoms with E-state index in [0.29, 0.717) is 29.5 Å². The molecule has 0 spiro atoms. The van der Waals surface area contributed by atoms with Gasteiger partial charge in [-0.25, -0.2) is 4.39 Å². The number of hydrogen-bond acceptors (Lipinski definition) is 6. The molecule has 2 atom stereocenters. The maximum Gasteiger partial charge on any atom is 0.251 e. The van der Waals surface area contributed by atoms with Gasteiger partial charge in [-0.2, -0.15) is 0 Å². The molecule has 1 fully saturated rings. The third-order valence-corrected chi connectivity index (χ3v) is 7.57. The number of ether oxygens (including phenoxy) is 4. The first-order chi connectivity index (χ1) is 19.1. The lowest BCUT2D eigenvalue weighted by Gasteiger charge is -2.39. The Morgan fingerprint density at radius 1 is 1.02 bits per heavy atom. The van der Waals surface area contributed by atoms with E-state index in [1.165, 1.54) is 12.1 Å². The lowest BCUT2D eigenvalue weighted by molar-refractivity contribution is -0.121. The summed E-state index contributed by atoms with van der Waals surface area (Å²) >= 11 is 0. The van der Waals surface area contributed by atoms with Gasteiger partial charge in [0.25, 0.3) is 5.91 Å². The van der Waals surface area contributed by atoms with E-state index in [1.54, 1.807) is 25.1 Å². The molecule has 2 aliphatic rings. The van der Waals surface area contributed by atoms with Gasteiger partial charge in [0.2, 0.25) is 0 Å². The van der Waals surface area contributed by atoms with Crippen LogP contribution in [0.15, 0.2) is 48.5 Å². The highest BCUT2D eigenvalue weighted by molar-refractivity contribution is 6.08. The molecular weight excluding hydrogens is 511 g/mol. The number of methoxy groups -OCH3 is 1. The number of nitrogens with zero attached hydrogens (tertiary/aromatic N) is 1. The fourth-order valence-electron chi connectivity index (χ4n) is 5.34. The molecule has 2 unspecified atom stereocenters. The van der Waals surface area contributed by atoms with E-state index < -0.39 is 5.54 Å². The first kappa shape index (κ1) is 27.8. The summed E-state index contributed by atoms with van der Waals surface area (Å²) in [7, 11) is 3.39. The second kappa shape index (κ2) is 11.0. The summed E-state index contributed by atoms with van der Waals surface area (Å²) < 4.78 is 37.7. The predicted octanol–water partition coefficient (Wildman–Crippen LogP) is 6.50. The summed E-state index contributed by atoms with van der Waals surface area (Å²) in [5.74, 6) is 1.32. The second-order valence-corrected chi connectivity index (χ2v) is 11.0. The van der Waals surface area contributed by atoms with Crippen molar-refractivity contribution in [2.45, 2.75) is 64.9 Å². The molecule has 0 aromatic heterocycles. The Labute approximate surface area is 235 Å². The highest BCUT2D eigenvalue weighted by atomic mass is 19.1. The van der Waals surface area contributed by atoms with E-state index in [9.17, 15) is 9.18 Å². The van der Waals surface area contributed by atoms with Crippen molar-refractivity contribution < 1.29 is 28.1 Å². The van der Waals surface area contributed by atoms with Crippen molar-refractivity contribution in [3.05, 3.63) is 65.5 Å². The molecule has 0 radical (unpaired) electrons. The Kier molecular flexibility index (Phi) is 7.64. The lowest BCUT2D eigenvalue weighted by Crippen LogP contribution is -2.52. The van der Waals surface area contributed by atoms with Gasteiger partial charge in [-0.3, -0.25) is 4.79 Å². The zero-order valence-corrected chi connectivity index (χ0v) is 24.0. The van der Waals surface area contributed by atoms with E-state index >= 15 is 0 Å². The Morgan fingerprint density at radius 3 is 2.55 bits per heavy atom. The third-order valence-electron chi connectivity index (χ3n) is 7.57. The van der Waals surface area contributed by atoms with Crippen molar-refractivity contribution >= 4 is 17.3 Å². The summed E-state index contributed by atoms with van der Waals surface area (Å²) in [4.78, 5) is 14.9. The maximum atomic E-state index is 14.0. The molecule has 3 aromatic rings. The van der Waals surface area contributed by atoms with E-state index in [1.807, 2.05) is 51.1 Å². The van der Waals surface area contributed by atoms with Gasteiger partial charge >= 0.3 is 0 Å². The molecule has 0 saturated carbocycles. The number of halogens is 1. The van der Waals surface area contributed by atoms with Gasteiger partial charge in [0.05, 0.1) is 24.6 Å². The minimum absolute atomic E-state index is 0.0697. The van der Waals surface area contributed by atoms with E-state index in [-0.39, 0.29) is 30.5 Å². The van der Waals surface area contributed by atoms with Crippen LogP contribution in [0, 0.1) is 12.7 Å². The van der Waals surface area contributed by atoms with Crippen LogP contribution in [-0.2, 0) is 16.1 Å². The number of fused-ring (bicyclic) bond motifs is 1. The SMILES string of the molecule is CCCC1OC1COc1ccc(-c2ccc3c(c2COc2cc(F)ccc2C)N(C)C(=O)C(C)(C)N3)c(OC)c1. The van der Waals surface area contributed by atoms with E-state index in [2.05, 4.69) is 12.2 Å². The number of epoxide rings is 1. The second-order valence-electron chi connectivity index (χ2n) is 11.0. The highest BCUT2D eigenvalue weighted by Gasteiger charge is 2.39. The van der Waals surface area contributed by atoms with Crippen LogP contribution >= 0.6 is 0 Å². The first-order valence-electron chi connectivity index (χ1n) is 13.7. The molecule has 3 aromatic carbocycles. The number of hydrogen-bond donors (Lipinski definition) is 1. The zero-order chi connectivity index (χ0) is 28.6. The van der Waals surface area contributed by atoms with Gasteiger partial charge in [-0.1, -0.05) is 25.5 Å². The molecule has 1 amide bonds. The van der Waals surface area contributed by atoms with Gasteiger partial charge in [-0.05, 0) is 62.6 Å². The van der Waals surface area contributed by atoms with Crippen LogP contribution in [0.1, 0.15) is 44.7 Å². The average molecular weight is 549 g/mol. The Hall–Kier alpha value is -3.78. The minimum Gasteiger partial charge on any atom is -0.496 e. The van der Waals surface area contributed by atoms with Crippen molar-refractivity contribution in [2.24, 2.45) is 0 Å². The number of nitrogens with one attached hydrogen (secondary N) is 1. The third kappa shape index (κ3) is 5.45. The Balaban J connectivity index is 1.52. The van der Waals surface area contributed by atoms with Crippen LogP contribution in [-0.4, -0.2) is 44.4 Å². The molecule has 8 heteroatoms. The van der Waals surface area contributed by atoms with Gasteiger partial charge in [0.1, 0.15) is 47.9 Å². The number of anilines is 2. The van der Waals surface area contributed by atoms with E-state index in [0.717, 1.165) is 40.8 Å². The number of amides is 1. The largest absolute Gasteiger partial charge is 0.496 e. The van der Waals surface area contributed by atoms with Crippen molar-refractivity contribution in [3.63, 3.8) is 0 Å². The molecular formula is C32H37FN2O5. The number of aryl methyl sites for hydroxylation is 1. The molecule has 2 aliphatic heterocycles. The number of carbonyl (C=O) groups is 1. The molecule has 1 N–H and O–H groups in total. The number of carbonyl (C=O) groups excluding carboxylic acids is 1. The van der Waals surface area contributed by atoms with Gasteiger partial charge in [0.15, 0.2) is 0 Å². The molecule has 40 heavy (non-hydrogen) atoms. The van der Waals surface area contributed by atoms with Crippen molar-refractivity contribution in [1.82, 2.24) is 0 Å².